The lowest BCUT2D eigenvalue weighted by Crippen LogP contribution is -2.05. The average molecular weight is 530 g/mol. The fourth-order valence-corrected chi connectivity index (χ4v) is 3.63. The van der Waals surface area contributed by atoms with Gasteiger partial charge in [0.05, 0.1) is 23.3 Å². The summed E-state index contributed by atoms with van der Waals surface area (Å²) in [6.07, 6.45) is 4.40. The number of benzene rings is 2. The minimum atomic E-state index is 0.125. The highest BCUT2D eigenvalue weighted by atomic mass is 35.5. The van der Waals surface area contributed by atoms with Crippen molar-refractivity contribution in [1.29, 1.82) is 0 Å². The van der Waals surface area contributed by atoms with Gasteiger partial charge in [0.25, 0.3) is 0 Å². The standard InChI is InChI=1S/C23H20Cl4N2O4/c24-18-12-17(31-11-8-20(26)27)13-19(25)21(18)32-10-1-9-30-16-6-4-14(5-7-16)22-28-23(33-29-22)15-2-3-15/h4-8,12-13,15H,1-3,9-11H2. The van der Waals surface area contributed by atoms with Crippen molar-refractivity contribution in [2.75, 3.05) is 19.8 Å². The second-order valence-corrected chi connectivity index (χ2v) is 9.15. The van der Waals surface area contributed by atoms with Crippen LogP contribution in [0.3, 0.4) is 0 Å². The minimum Gasteiger partial charge on any atom is -0.493 e. The Hall–Kier alpha value is -2.12. The molecule has 174 valence electrons. The Morgan fingerprint density at radius 3 is 2.33 bits per heavy atom. The van der Waals surface area contributed by atoms with Crippen LogP contribution in [0.25, 0.3) is 11.4 Å². The van der Waals surface area contributed by atoms with E-state index in [4.69, 9.17) is 65.1 Å². The fraction of sp³-hybridized carbons (Fsp3) is 0.304. The Kier molecular flexibility index (Phi) is 8.25. The van der Waals surface area contributed by atoms with Crippen molar-refractivity contribution in [3.8, 4) is 28.6 Å². The van der Waals surface area contributed by atoms with Crippen LogP contribution < -0.4 is 14.2 Å². The van der Waals surface area contributed by atoms with E-state index in [9.17, 15) is 0 Å². The second kappa shape index (κ2) is 11.3. The van der Waals surface area contributed by atoms with E-state index in [1.54, 1.807) is 12.1 Å². The molecular weight excluding hydrogens is 510 g/mol. The molecule has 1 aliphatic carbocycles. The van der Waals surface area contributed by atoms with Crippen LogP contribution >= 0.6 is 46.4 Å². The number of aromatic nitrogens is 2. The summed E-state index contributed by atoms with van der Waals surface area (Å²) in [6, 6.07) is 10.8. The predicted molar refractivity (Wildman–Crippen MR) is 129 cm³/mol. The third kappa shape index (κ3) is 6.93. The molecule has 0 atom stereocenters. The minimum absolute atomic E-state index is 0.125. The van der Waals surface area contributed by atoms with Crippen LogP contribution in [-0.2, 0) is 0 Å². The number of hydrogen-bond donors (Lipinski definition) is 0. The molecule has 0 spiro atoms. The van der Waals surface area contributed by atoms with Crippen LogP contribution in [-0.4, -0.2) is 30.0 Å². The summed E-state index contributed by atoms with van der Waals surface area (Å²) in [5.74, 6) is 3.38. The van der Waals surface area contributed by atoms with Crippen LogP contribution in [0.4, 0.5) is 0 Å². The summed E-state index contributed by atoms with van der Waals surface area (Å²) in [7, 11) is 0. The first-order valence-corrected chi connectivity index (χ1v) is 11.8. The first kappa shape index (κ1) is 24.0. The molecule has 0 unspecified atom stereocenters. The van der Waals surface area contributed by atoms with Gasteiger partial charge in [-0.3, -0.25) is 0 Å². The molecule has 6 nitrogen and oxygen atoms in total. The van der Waals surface area contributed by atoms with Gasteiger partial charge in [-0.2, -0.15) is 4.98 Å². The van der Waals surface area contributed by atoms with Crippen molar-refractivity contribution in [3.05, 3.63) is 62.9 Å². The molecule has 0 bridgehead atoms. The van der Waals surface area contributed by atoms with Crippen LogP contribution in [0, 0.1) is 0 Å². The summed E-state index contributed by atoms with van der Waals surface area (Å²) in [4.78, 5) is 4.45. The van der Waals surface area contributed by atoms with Crippen LogP contribution in [0.1, 0.15) is 31.1 Å². The van der Waals surface area contributed by atoms with Crippen molar-refractivity contribution >= 4 is 46.4 Å². The molecule has 4 rings (SSSR count). The van der Waals surface area contributed by atoms with Crippen molar-refractivity contribution in [2.24, 2.45) is 0 Å². The number of rotatable bonds is 11. The number of nitrogens with zero attached hydrogens (tertiary/aromatic N) is 2. The smallest absolute Gasteiger partial charge is 0.230 e. The molecule has 3 aromatic rings. The molecule has 0 radical (unpaired) electrons. The van der Waals surface area contributed by atoms with E-state index in [0.29, 0.717) is 52.9 Å². The molecule has 0 amide bonds. The van der Waals surface area contributed by atoms with Gasteiger partial charge in [0.15, 0.2) is 5.75 Å². The lowest BCUT2D eigenvalue weighted by molar-refractivity contribution is 0.247. The molecule has 0 N–H and O–H groups in total. The maximum absolute atomic E-state index is 6.27. The Bertz CT molecular complexity index is 1090. The van der Waals surface area contributed by atoms with Crippen LogP contribution in [0.15, 0.2) is 51.5 Å². The lowest BCUT2D eigenvalue weighted by atomic mass is 10.2. The van der Waals surface area contributed by atoms with Crippen molar-refractivity contribution in [3.63, 3.8) is 0 Å². The zero-order chi connectivity index (χ0) is 23.2. The lowest BCUT2D eigenvalue weighted by Gasteiger charge is -2.12. The zero-order valence-electron chi connectivity index (χ0n) is 17.4. The van der Waals surface area contributed by atoms with Gasteiger partial charge >= 0.3 is 0 Å². The van der Waals surface area contributed by atoms with E-state index in [0.717, 1.165) is 30.0 Å². The van der Waals surface area contributed by atoms with Gasteiger partial charge < -0.3 is 18.7 Å². The first-order chi connectivity index (χ1) is 16.0. The molecule has 10 heteroatoms. The maximum Gasteiger partial charge on any atom is 0.230 e. The van der Waals surface area contributed by atoms with E-state index in [1.807, 2.05) is 24.3 Å². The Balaban J connectivity index is 1.21. The SMILES string of the molecule is ClC(Cl)=CCOc1cc(Cl)c(OCCCOc2ccc(-c3noc(C4CC4)n3)cc2)c(Cl)c1. The van der Waals surface area contributed by atoms with Crippen molar-refractivity contribution in [1.82, 2.24) is 10.1 Å². The molecule has 33 heavy (non-hydrogen) atoms. The monoisotopic (exact) mass is 528 g/mol. The average Bonchev–Trinajstić information content (AvgIpc) is 3.52. The highest BCUT2D eigenvalue weighted by molar-refractivity contribution is 6.55. The van der Waals surface area contributed by atoms with Crippen molar-refractivity contribution in [2.45, 2.75) is 25.2 Å². The molecule has 1 aliphatic rings. The van der Waals surface area contributed by atoms with Gasteiger partial charge in [0.1, 0.15) is 22.6 Å². The second-order valence-electron chi connectivity index (χ2n) is 7.33. The Morgan fingerprint density at radius 2 is 1.67 bits per heavy atom. The first-order valence-electron chi connectivity index (χ1n) is 10.3. The normalized spacial score (nSPS) is 13.0. The van der Waals surface area contributed by atoms with E-state index < -0.39 is 0 Å². The molecule has 2 aromatic carbocycles. The number of ether oxygens (including phenoxy) is 3. The summed E-state index contributed by atoms with van der Waals surface area (Å²) in [5.41, 5.74) is 0.889. The maximum atomic E-state index is 6.27. The van der Waals surface area contributed by atoms with Gasteiger partial charge in [-0.1, -0.05) is 51.6 Å². The Labute approximate surface area is 211 Å². The summed E-state index contributed by atoms with van der Waals surface area (Å²) in [6.45, 7) is 1.05. The molecule has 1 heterocycles. The van der Waals surface area contributed by atoms with Crippen LogP contribution in [0.2, 0.25) is 10.0 Å². The molecule has 1 saturated carbocycles. The van der Waals surface area contributed by atoms with E-state index >= 15 is 0 Å². The van der Waals surface area contributed by atoms with E-state index in [2.05, 4.69) is 10.1 Å². The number of halogens is 4. The topological polar surface area (TPSA) is 66.6 Å². The summed E-state index contributed by atoms with van der Waals surface area (Å²) in [5, 5.41) is 4.74. The van der Waals surface area contributed by atoms with Gasteiger partial charge in [-0.25, -0.2) is 0 Å². The van der Waals surface area contributed by atoms with Gasteiger partial charge in [0.2, 0.25) is 11.7 Å². The highest BCUT2D eigenvalue weighted by Gasteiger charge is 2.29. The molecule has 1 aromatic heterocycles. The van der Waals surface area contributed by atoms with Gasteiger partial charge in [-0.05, 0) is 43.2 Å². The highest BCUT2D eigenvalue weighted by Crippen LogP contribution is 2.39. The third-order valence-electron chi connectivity index (χ3n) is 4.74. The molecule has 0 saturated heterocycles. The fourth-order valence-electron chi connectivity index (χ4n) is 2.93. The quantitative estimate of drug-likeness (QED) is 0.240. The molecule has 0 aliphatic heterocycles. The molecule has 1 fully saturated rings. The summed E-state index contributed by atoms with van der Waals surface area (Å²) < 4.78 is 22.4. The van der Waals surface area contributed by atoms with Crippen LogP contribution in [0.5, 0.6) is 17.2 Å². The van der Waals surface area contributed by atoms with E-state index in [-0.39, 0.29) is 11.1 Å². The molecular formula is C23H20Cl4N2O4. The summed E-state index contributed by atoms with van der Waals surface area (Å²) >= 11 is 23.6. The van der Waals surface area contributed by atoms with Gasteiger partial charge in [-0.15, -0.1) is 0 Å². The number of hydrogen-bond acceptors (Lipinski definition) is 6. The largest absolute Gasteiger partial charge is 0.493 e. The predicted octanol–water partition coefficient (Wildman–Crippen LogP) is 7.47. The van der Waals surface area contributed by atoms with Gasteiger partial charge in [0, 0.05) is 30.0 Å². The third-order valence-corrected chi connectivity index (χ3v) is 5.61. The van der Waals surface area contributed by atoms with E-state index in [1.165, 1.54) is 6.08 Å². The van der Waals surface area contributed by atoms with Crippen molar-refractivity contribution < 1.29 is 18.7 Å². The Morgan fingerprint density at radius 1 is 0.970 bits per heavy atom. The zero-order valence-corrected chi connectivity index (χ0v) is 20.4.